The maximum atomic E-state index is 12.5. The summed E-state index contributed by atoms with van der Waals surface area (Å²) in [5.41, 5.74) is 4.20. The molecule has 9 heteroatoms. The number of nitrogens with one attached hydrogen (secondary N) is 2. The molecule has 140 valence electrons. The van der Waals surface area contributed by atoms with E-state index in [1.165, 1.54) is 0 Å². The Morgan fingerprint density at radius 2 is 2.23 bits per heavy atom. The van der Waals surface area contributed by atoms with Crippen LogP contribution < -0.4 is 5.32 Å². The minimum absolute atomic E-state index is 0.134. The summed E-state index contributed by atoms with van der Waals surface area (Å²) in [6.07, 6.45) is 2.40. The first-order valence-corrected chi connectivity index (χ1v) is 9.84. The molecule has 2 aromatic heterocycles. The van der Waals surface area contributed by atoms with E-state index in [0.29, 0.717) is 37.5 Å². The second-order valence-electron chi connectivity index (χ2n) is 6.29. The van der Waals surface area contributed by atoms with Crippen molar-refractivity contribution in [2.45, 2.75) is 33.4 Å². The zero-order valence-electron chi connectivity index (χ0n) is 15.3. The van der Waals surface area contributed by atoms with Gasteiger partial charge in [-0.3, -0.25) is 19.4 Å². The summed E-state index contributed by atoms with van der Waals surface area (Å²) in [7, 11) is 1.87. The Morgan fingerprint density at radius 1 is 1.42 bits per heavy atom. The van der Waals surface area contributed by atoms with Gasteiger partial charge in [0, 0.05) is 37.0 Å². The number of rotatable bonds is 6. The van der Waals surface area contributed by atoms with E-state index in [1.54, 1.807) is 22.6 Å². The summed E-state index contributed by atoms with van der Waals surface area (Å²) < 4.78 is 1.78. The van der Waals surface area contributed by atoms with Crippen LogP contribution in [-0.2, 0) is 31.4 Å². The lowest BCUT2D eigenvalue weighted by Gasteiger charge is -2.26. The first-order valence-electron chi connectivity index (χ1n) is 8.68. The van der Waals surface area contributed by atoms with E-state index in [4.69, 9.17) is 0 Å². The Morgan fingerprint density at radius 3 is 2.92 bits per heavy atom. The molecular weight excluding hydrogens is 352 g/mol. The second kappa shape index (κ2) is 7.94. The molecule has 26 heavy (non-hydrogen) atoms. The maximum Gasteiger partial charge on any atom is 0.272 e. The normalized spacial score (nSPS) is 13.6. The fourth-order valence-corrected chi connectivity index (χ4v) is 3.54. The Labute approximate surface area is 156 Å². The SMILES string of the molecule is CCSCC(=O)N1CCc2c(C(=O)NCc3cnn(C)c3C)n[nH]c2C1. The zero-order valence-corrected chi connectivity index (χ0v) is 16.2. The number of carbonyl (C=O) groups excluding carboxylic acids is 2. The second-order valence-corrected chi connectivity index (χ2v) is 7.57. The van der Waals surface area contributed by atoms with Crippen molar-refractivity contribution in [1.82, 2.24) is 30.2 Å². The van der Waals surface area contributed by atoms with Crippen LogP contribution in [-0.4, -0.2) is 54.7 Å². The van der Waals surface area contributed by atoms with Gasteiger partial charge in [0.05, 0.1) is 24.2 Å². The van der Waals surface area contributed by atoms with Crippen LogP contribution in [0.15, 0.2) is 6.20 Å². The lowest BCUT2D eigenvalue weighted by atomic mass is 10.0. The number of hydrogen-bond donors (Lipinski definition) is 2. The molecular formula is C17H24N6O2S. The highest BCUT2D eigenvalue weighted by Gasteiger charge is 2.27. The highest BCUT2D eigenvalue weighted by atomic mass is 32.2. The third-order valence-corrected chi connectivity index (χ3v) is 5.57. The molecule has 8 nitrogen and oxygen atoms in total. The molecule has 0 aliphatic carbocycles. The molecule has 0 spiro atoms. The van der Waals surface area contributed by atoms with Gasteiger partial charge in [-0.25, -0.2) is 0 Å². The minimum Gasteiger partial charge on any atom is -0.346 e. The van der Waals surface area contributed by atoms with Crippen molar-refractivity contribution in [1.29, 1.82) is 0 Å². The van der Waals surface area contributed by atoms with Crippen LogP contribution in [0.5, 0.6) is 0 Å². The number of hydrogen-bond acceptors (Lipinski definition) is 5. The van der Waals surface area contributed by atoms with E-state index < -0.39 is 0 Å². The zero-order chi connectivity index (χ0) is 18.7. The summed E-state index contributed by atoms with van der Waals surface area (Å²) >= 11 is 1.62. The summed E-state index contributed by atoms with van der Waals surface area (Å²) in [4.78, 5) is 26.5. The number of aromatic amines is 1. The predicted octanol–water partition coefficient (Wildman–Crippen LogP) is 1.02. The molecule has 0 saturated carbocycles. The molecule has 0 bridgehead atoms. The van der Waals surface area contributed by atoms with E-state index in [9.17, 15) is 9.59 Å². The molecule has 3 rings (SSSR count). The highest BCUT2D eigenvalue weighted by Crippen LogP contribution is 2.21. The number of aryl methyl sites for hydroxylation is 1. The number of carbonyl (C=O) groups is 2. The van der Waals surface area contributed by atoms with Crippen molar-refractivity contribution in [3.8, 4) is 0 Å². The average Bonchev–Trinajstić information content (AvgIpc) is 3.21. The van der Waals surface area contributed by atoms with Crippen LogP contribution in [0.2, 0.25) is 0 Å². The van der Waals surface area contributed by atoms with Crippen molar-refractivity contribution >= 4 is 23.6 Å². The Bertz CT molecular complexity index is 812. The summed E-state index contributed by atoms with van der Waals surface area (Å²) in [6, 6.07) is 0. The van der Waals surface area contributed by atoms with Gasteiger partial charge in [0.2, 0.25) is 5.91 Å². The molecule has 2 aromatic rings. The fourth-order valence-electron chi connectivity index (χ4n) is 2.98. The number of nitrogens with zero attached hydrogens (tertiary/aromatic N) is 4. The molecule has 3 heterocycles. The monoisotopic (exact) mass is 376 g/mol. The van der Waals surface area contributed by atoms with Crippen LogP contribution in [0.1, 0.15) is 39.9 Å². The molecule has 0 saturated heterocycles. The van der Waals surface area contributed by atoms with E-state index in [0.717, 1.165) is 28.3 Å². The van der Waals surface area contributed by atoms with Gasteiger partial charge in [-0.2, -0.15) is 22.0 Å². The largest absolute Gasteiger partial charge is 0.346 e. The predicted molar refractivity (Wildman–Crippen MR) is 99.8 cm³/mol. The van der Waals surface area contributed by atoms with Gasteiger partial charge in [-0.15, -0.1) is 0 Å². The van der Waals surface area contributed by atoms with Gasteiger partial charge in [0.15, 0.2) is 5.69 Å². The summed E-state index contributed by atoms with van der Waals surface area (Å²) in [5, 5.41) is 14.2. The first-order chi connectivity index (χ1) is 12.5. The van der Waals surface area contributed by atoms with Crippen LogP contribution in [0.3, 0.4) is 0 Å². The van der Waals surface area contributed by atoms with Crippen LogP contribution >= 0.6 is 11.8 Å². The Balaban J connectivity index is 1.63. The smallest absolute Gasteiger partial charge is 0.272 e. The van der Waals surface area contributed by atoms with Crippen molar-refractivity contribution < 1.29 is 9.59 Å². The molecule has 0 aromatic carbocycles. The van der Waals surface area contributed by atoms with Crippen molar-refractivity contribution in [2.75, 3.05) is 18.1 Å². The summed E-state index contributed by atoms with van der Waals surface area (Å²) in [5.74, 6) is 1.36. The van der Waals surface area contributed by atoms with E-state index >= 15 is 0 Å². The Hall–Kier alpha value is -2.29. The molecule has 0 atom stereocenters. The van der Waals surface area contributed by atoms with Crippen LogP contribution in [0.4, 0.5) is 0 Å². The topological polar surface area (TPSA) is 95.9 Å². The summed E-state index contributed by atoms with van der Waals surface area (Å²) in [6.45, 7) is 5.53. The van der Waals surface area contributed by atoms with E-state index in [-0.39, 0.29) is 11.8 Å². The van der Waals surface area contributed by atoms with Crippen LogP contribution in [0.25, 0.3) is 0 Å². The van der Waals surface area contributed by atoms with Gasteiger partial charge in [0.25, 0.3) is 5.91 Å². The third kappa shape index (κ3) is 3.77. The molecule has 2 amide bonds. The number of aromatic nitrogens is 4. The number of H-pyrrole nitrogens is 1. The minimum atomic E-state index is -0.202. The molecule has 0 fully saturated rings. The third-order valence-electron chi connectivity index (χ3n) is 4.71. The number of fused-ring (bicyclic) bond motifs is 1. The Kier molecular flexibility index (Phi) is 5.65. The number of thioether (sulfide) groups is 1. The number of amides is 2. The van der Waals surface area contributed by atoms with Crippen LogP contribution in [0, 0.1) is 6.92 Å². The highest BCUT2D eigenvalue weighted by molar-refractivity contribution is 7.99. The molecule has 1 aliphatic rings. The van der Waals surface area contributed by atoms with Gasteiger partial charge >= 0.3 is 0 Å². The average molecular weight is 376 g/mol. The molecule has 2 N–H and O–H groups in total. The molecule has 0 radical (unpaired) electrons. The van der Waals surface area contributed by atoms with Crippen molar-refractivity contribution in [2.24, 2.45) is 7.05 Å². The standard InChI is InChI=1S/C17H24N6O2S/c1-4-26-10-15(24)23-6-5-13-14(9-23)20-21-16(13)17(25)18-7-12-8-19-22(3)11(12)2/h8H,4-7,9-10H2,1-3H3,(H,18,25)(H,20,21). The van der Waals surface area contributed by atoms with Crippen molar-refractivity contribution in [3.63, 3.8) is 0 Å². The lowest BCUT2D eigenvalue weighted by molar-refractivity contribution is -0.129. The molecule has 0 unspecified atom stereocenters. The van der Waals surface area contributed by atoms with Gasteiger partial charge in [-0.1, -0.05) is 6.92 Å². The fraction of sp³-hybridized carbons (Fsp3) is 0.529. The van der Waals surface area contributed by atoms with Crippen molar-refractivity contribution in [3.05, 3.63) is 34.4 Å². The van der Waals surface area contributed by atoms with Gasteiger partial charge in [0.1, 0.15) is 0 Å². The maximum absolute atomic E-state index is 12.5. The first kappa shape index (κ1) is 18.5. The lowest BCUT2D eigenvalue weighted by Crippen LogP contribution is -2.37. The van der Waals surface area contributed by atoms with E-state index in [1.807, 2.05) is 25.8 Å². The van der Waals surface area contributed by atoms with E-state index in [2.05, 4.69) is 20.6 Å². The van der Waals surface area contributed by atoms with Gasteiger partial charge < -0.3 is 10.2 Å². The molecule has 1 aliphatic heterocycles. The van der Waals surface area contributed by atoms with Gasteiger partial charge in [-0.05, 0) is 19.1 Å². The quantitative estimate of drug-likeness (QED) is 0.785.